The third-order valence-electron chi connectivity index (χ3n) is 2.39. The van der Waals surface area contributed by atoms with Gasteiger partial charge in [0.25, 0.3) is 5.69 Å². The molecule has 1 rings (SSSR count). The first-order valence-corrected chi connectivity index (χ1v) is 5.27. The molecule has 0 aliphatic carbocycles. The Morgan fingerprint density at radius 2 is 2.11 bits per heavy atom. The number of ether oxygens (including phenoxy) is 2. The Balaban J connectivity index is 3.16. The first kappa shape index (κ1) is 14.7. The number of benzene rings is 1. The highest BCUT2D eigenvalue weighted by Crippen LogP contribution is 2.32. The van der Waals surface area contributed by atoms with Crippen LogP contribution >= 0.6 is 0 Å². The van der Waals surface area contributed by atoms with Crippen molar-refractivity contribution in [3.05, 3.63) is 28.1 Å². The number of carbonyl (C=O) groups excluding carboxylic acids is 1. The number of anilines is 1. The van der Waals surface area contributed by atoms with E-state index < -0.39 is 28.4 Å². The number of hydrogen-bond acceptors (Lipinski definition) is 6. The van der Waals surface area contributed by atoms with Gasteiger partial charge < -0.3 is 14.8 Å². The number of esters is 1. The molecule has 0 bridgehead atoms. The molecule has 0 aliphatic rings. The summed E-state index contributed by atoms with van der Waals surface area (Å²) in [5, 5.41) is 13.4. The van der Waals surface area contributed by atoms with Crippen molar-refractivity contribution in [1.82, 2.24) is 0 Å². The molecule has 0 radical (unpaired) electrons. The van der Waals surface area contributed by atoms with Crippen molar-refractivity contribution in [3.8, 4) is 5.75 Å². The summed E-state index contributed by atoms with van der Waals surface area (Å²) in [7, 11) is 2.43. The fraction of sp³-hybridized carbons (Fsp3) is 0.364. The standard InChI is InChI=1S/C11H13FN2O5/c1-6(11(15)19-3)13-8-5-10(18-2)7(12)4-9(8)14(16)17/h4-6,13H,1-3H3. The Kier molecular flexibility index (Phi) is 4.62. The van der Waals surface area contributed by atoms with E-state index >= 15 is 0 Å². The van der Waals surface area contributed by atoms with Crippen molar-refractivity contribution in [2.45, 2.75) is 13.0 Å². The predicted octanol–water partition coefficient (Wildman–Crippen LogP) is 1.72. The smallest absolute Gasteiger partial charge is 0.327 e. The van der Waals surface area contributed by atoms with E-state index in [9.17, 15) is 19.3 Å². The fourth-order valence-electron chi connectivity index (χ4n) is 1.43. The molecule has 1 atom stereocenters. The summed E-state index contributed by atoms with van der Waals surface area (Å²) in [6.45, 7) is 1.46. The van der Waals surface area contributed by atoms with E-state index in [1.807, 2.05) is 0 Å². The van der Waals surface area contributed by atoms with Gasteiger partial charge in [-0.2, -0.15) is 0 Å². The maximum Gasteiger partial charge on any atom is 0.327 e. The molecular weight excluding hydrogens is 259 g/mol. The van der Waals surface area contributed by atoms with Crippen molar-refractivity contribution in [1.29, 1.82) is 0 Å². The van der Waals surface area contributed by atoms with Gasteiger partial charge in [-0.05, 0) is 6.92 Å². The fourth-order valence-corrected chi connectivity index (χ4v) is 1.43. The van der Waals surface area contributed by atoms with E-state index in [1.54, 1.807) is 0 Å². The van der Waals surface area contributed by atoms with Crippen LogP contribution in [0.25, 0.3) is 0 Å². The highest BCUT2D eigenvalue weighted by atomic mass is 19.1. The molecule has 1 aromatic carbocycles. The lowest BCUT2D eigenvalue weighted by molar-refractivity contribution is -0.384. The molecule has 0 aliphatic heterocycles. The van der Waals surface area contributed by atoms with Gasteiger partial charge in [-0.15, -0.1) is 0 Å². The lowest BCUT2D eigenvalue weighted by atomic mass is 10.2. The monoisotopic (exact) mass is 272 g/mol. The van der Waals surface area contributed by atoms with Crippen molar-refractivity contribution in [2.75, 3.05) is 19.5 Å². The summed E-state index contributed by atoms with van der Waals surface area (Å²) in [6, 6.07) is 1.02. The zero-order valence-electron chi connectivity index (χ0n) is 10.6. The third kappa shape index (κ3) is 3.30. The average Bonchev–Trinajstić information content (AvgIpc) is 2.38. The molecule has 0 amide bonds. The largest absolute Gasteiger partial charge is 0.494 e. The second kappa shape index (κ2) is 5.98. The zero-order valence-corrected chi connectivity index (χ0v) is 10.6. The lowest BCUT2D eigenvalue weighted by Gasteiger charge is -2.14. The molecule has 0 fully saturated rings. The molecule has 1 unspecified atom stereocenters. The topological polar surface area (TPSA) is 90.7 Å². The number of rotatable bonds is 5. The van der Waals surface area contributed by atoms with Gasteiger partial charge in [-0.1, -0.05) is 0 Å². The first-order chi connectivity index (χ1) is 8.90. The zero-order chi connectivity index (χ0) is 14.6. The molecule has 1 aromatic rings. The summed E-state index contributed by atoms with van der Waals surface area (Å²) in [4.78, 5) is 21.3. The second-order valence-corrected chi connectivity index (χ2v) is 3.65. The minimum Gasteiger partial charge on any atom is -0.494 e. The number of carbonyl (C=O) groups is 1. The van der Waals surface area contributed by atoms with E-state index in [4.69, 9.17) is 4.74 Å². The van der Waals surface area contributed by atoms with Gasteiger partial charge in [0.1, 0.15) is 11.7 Å². The molecule has 7 nitrogen and oxygen atoms in total. The van der Waals surface area contributed by atoms with Crippen LogP contribution in [0.2, 0.25) is 0 Å². The van der Waals surface area contributed by atoms with Crippen LogP contribution < -0.4 is 10.1 Å². The molecule has 19 heavy (non-hydrogen) atoms. The van der Waals surface area contributed by atoms with E-state index in [2.05, 4.69) is 10.1 Å². The Morgan fingerprint density at radius 3 is 2.58 bits per heavy atom. The van der Waals surface area contributed by atoms with Gasteiger partial charge in [0, 0.05) is 6.07 Å². The molecular formula is C11H13FN2O5. The van der Waals surface area contributed by atoms with Crippen LogP contribution in [0.15, 0.2) is 12.1 Å². The minimum absolute atomic E-state index is 0.0267. The average molecular weight is 272 g/mol. The van der Waals surface area contributed by atoms with Gasteiger partial charge in [0.15, 0.2) is 11.6 Å². The minimum atomic E-state index is -0.856. The molecule has 104 valence electrons. The van der Waals surface area contributed by atoms with E-state index in [-0.39, 0.29) is 11.4 Å². The molecule has 0 aromatic heterocycles. The van der Waals surface area contributed by atoms with Gasteiger partial charge >= 0.3 is 5.97 Å². The Morgan fingerprint density at radius 1 is 1.47 bits per heavy atom. The van der Waals surface area contributed by atoms with Gasteiger partial charge in [0.05, 0.1) is 25.2 Å². The lowest BCUT2D eigenvalue weighted by Crippen LogP contribution is -2.27. The summed E-state index contributed by atoms with van der Waals surface area (Å²) in [5.41, 5.74) is -0.518. The van der Waals surface area contributed by atoms with Crippen LogP contribution in [0.1, 0.15) is 6.92 Å². The third-order valence-corrected chi connectivity index (χ3v) is 2.39. The van der Waals surface area contributed by atoms with Crippen molar-refractivity contribution >= 4 is 17.3 Å². The van der Waals surface area contributed by atoms with Crippen molar-refractivity contribution < 1.29 is 23.6 Å². The summed E-state index contributed by atoms with van der Waals surface area (Å²) in [6.07, 6.45) is 0. The summed E-state index contributed by atoms with van der Waals surface area (Å²) in [5.74, 6) is -1.62. The Labute approximate surface area is 108 Å². The normalized spacial score (nSPS) is 11.6. The quantitative estimate of drug-likeness (QED) is 0.498. The number of methoxy groups -OCH3 is 2. The molecule has 0 heterocycles. The maximum absolute atomic E-state index is 13.4. The summed E-state index contributed by atoms with van der Waals surface area (Å²) < 4.78 is 22.6. The molecule has 0 saturated carbocycles. The molecule has 1 N–H and O–H groups in total. The van der Waals surface area contributed by atoms with Crippen LogP contribution in [0.5, 0.6) is 5.75 Å². The van der Waals surface area contributed by atoms with E-state index in [0.717, 1.165) is 12.1 Å². The van der Waals surface area contributed by atoms with Gasteiger partial charge in [0.2, 0.25) is 0 Å². The van der Waals surface area contributed by atoms with Gasteiger partial charge in [-0.25, -0.2) is 9.18 Å². The van der Waals surface area contributed by atoms with Crippen LogP contribution in [0, 0.1) is 15.9 Å². The van der Waals surface area contributed by atoms with Crippen LogP contribution in [-0.4, -0.2) is 31.2 Å². The molecule has 0 saturated heterocycles. The van der Waals surface area contributed by atoms with E-state index in [1.165, 1.54) is 21.1 Å². The molecule has 8 heteroatoms. The maximum atomic E-state index is 13.4. The van der Waals surface area contributed by atoms with Crippen molar-refractivity contribution in [2.24, 2.45) is 0 Å². The van der Waals surface area contributed by atoms with Crippen molar-refractivity contribution in [3.63, 3.8) is 0 Å². The van der Waals surface area contributed by atoms with Crippen LogP contribution in [-0.2, 0) is 9.53 Å². The predicted molar refractivity (Wildman–Crippen MR) is 64.7 cm³/mol. The Bertz CT molecular complexity index is 506. The number of nitro groups is 1. The highest BCUT2D eigenvalue weighted by Gasteiger charge is 2.22. The Hall–Kier alpha value is -2.38. The number of nitro benzene ring substituents is 1. The highest BCUT2D eigenvalue weighted by molar-refractivity contribution is 5.80. The number of halogens is 1. The van der Waals surface area contributed by atoms with Crippen LogP contribution in [0.4, 0.5) is 15.8 Å². The number of nitrogens with one attached hydrogen (secondary N) is 1. The summed E-state index contributed by atoms with van der Waals surface area (Å²) >= 11 is 0. The number of hydrogen-bond donors (Lipinski definition) is 1. The van der Waals surface area contributed by atoms with E-state index in [0.29, 0.717) is 0 Å². The van der Waals surface area contributed by atoms with Gasteiger partial charge in [-0.3, -0.25) is 10.1 Å². The number of nitrogens with zero attached hydrogens (tertiary/aromatic N) is 1. The second-order valence-electron chi connectivity index (χ2n) is 3.65. The first-order valence-electron chi connectivity index (χ1n) is 5.27. The SMILES string of the molecule is COC(=O)C(C)Nc1cc(OC)c(F)cc1[N+](=O)[O-]. The van der Waals surface area contributed by atoms with Crippen LogP contribution in [0.3, 0.4) is 0 Å². The molecule has 0 spiro atoms.